The number of phenolic OH excluding ortho intramolecular Hbond substituents is 1. The van der Waals surface area contributed by atoms with Crippen LogP contribution in [0.5, 0.6) is 5.75 Å². The number of amides is 2. The second-order valence-corrected chi connectivity index (χ2v) is 6.36. The van der Waals surface area contributed by atoms with Crippen LogP contribution in [0.3, 0.4) is 0 Å². The predicted molar refractivity (Wildman–Crippen MR) is 100 cm³/mol. The van der Waals surface area contributed by atoms with Crippen LogP contribution >= 0.6 is 0 Å². The van der Waals surface area contributed by atoms with Crippen molar-refractivity contribution in [3.8, 4) is 5.75 Å². The van der Waals surface area contributed by atoms with E-state index in [1.165, 1.54) is 6.07 Å². The second kappa shape index (κ2) is 7.91. The molecule has 3 rings (SSSR count). The topological polar surface area (TPSA) is 72.9 Å². The molecule has 1 aliphatic rings. The molecule has 1 aliphatic heterocycles. The first-order valence-corrected chi connectivity index (χ1v) is 8.70. The van der Waals surface area contributed by atoms with E-state index in [2.05, 4.69) is 10.2 Å². The van der Waals surface area contributed by atoms with E-state index in [9.17, 15) is 14.7 Å². The fourth-order valence-corrected chi connectivity index (χ4v) is 3.05. The molecule has 6 heteroatoms. The molecule has 0 atom stereocenters. The van der Waals surface area contributed by atoms with E-state index >= 15 is 0 Å². The SMILES string of the molecule is CC(=O)N1CCN(c2ccc(CNC(=O)c3ccccc3O)cc2)CC1. The number of anilines is 1. The van der Waals surface area contributed by atoms with Crippen molar-refractivity contribution >= 4 is 17.5 Å². The van der Waals surface area contributed by atoms with Crippen molar-refractivity contribution < 1.29 is 14.7 Å². The molecule has 0 radical (unpaired) electrons. The van der Waals surface area contributed by atoms with Gasteiger partial charge in [-0.05, 0) is 29.8 Å². The van der Waals surface area contributed by atoms with E-state index in [1.54, 1.807) is 25.1 Å². The summed E-state index contributed by atoms with van der Waals surface area (Å²) in [5.41, 5.74) is 2.37. The van der Waals surface area contributed by atoms with E-state index in [1.807, 2.05) is 29.2 Å². The number of benzene rings is 2. The molecule has 2 aromatic carbocycles. The Kier molecular flexibility index (Phi) is 5.41. The predicted octanol–water partition coefficient (Wildman–Crippen LogP) is 1.99. The monoisotopic (exact) mass is 353 g/mol. The molecule has 0 bridgehead atoms. The zero-order valence-electron chi connectivity index (χ0n) is 14.8. The zero-order chi connectivity index (χ0) is 18.5. The highest BCUT2D eigenvalue weighted by Gasteiger charge is 2.18. The lowest BCUT2D eigenvalue weighted by molar-refractivity contribution is -0.129. The van der Waals surface area contributed by atoms with Crippen molar-refractivity contribution in [1.29, 1.82) is 0 Å². The van der Waals surface area contributed by atoms with Crippen LogP contribution in [0.4, 0.5) is 5.69 Å². The Balaban J connectivity index is 1.54. The Morgan fingerprint density at radius 1 is 1.00 bits per heavy atom. The number of phenols is 1. The lowest BCUT2D eigenvalue weighted by Crippen LogP contribution is -2.48. The van der Waals surface area contributed by atoms with Crippen LogP contribution in [0, 0.1) is 0 Å². The summed E-state index contributed by atoms with van der Waals surface area (Å²) in [6, 6.07) is 14.5. The molecular weight excluding hydrogens is 330 g/mol. The fourth-order valence-electron chi connectivity index (χ4n) is 3.05. The Morgan fingerprint density at radius 2 is 1.65 bits per heavy atom. The first kappa shape index (κ1) is 17.8. The number of hydrogen-bond acceptors (Lipinski definition) is 4. The van der Waals surface area contributed by atoms with Crippen molar-refractivity contribution in [2.75, 3.05) is 31.1 Å². The van der Waals surface area contributed by atoms with Gasteiger partial charge in [0.05, 0.1) is 5.56 Å². The second-order valence-electron chi connectivity index (χ2n) is 6.36. The molecule has 0 aromatic heterocycles. The molecule has 0 aliphatic carbocycles. The van der Waals surface area contributed by atoms with Gasteiger partial charge >= 0.3 is 0 Å². The van der Waals surface area contributed by atoms with Gasteiger partial charge in [-0.2, -0.15) is 0 Å². The van der Waals surface area contributed by atoms with Crippen LogP contribution in [0.15, 0.2) is 48.5 Å². The Bertz CT molecular complexity index is 781. The summed E-state index contributed by atoms with van der Waals surface area (Å²) >= 11 is 0. The standard InChI is InChI=1S/C20H23N3O3/c1-15(24)22-10-12-23(13-11-22)17-8-6-16(7-9-17)14-21-20(26)18-4-2-3-5-19(18)25/h2-9,25H,10-14H2,1H3,(H,21,26). The summed E-state index contributed by atoms with van der Waals surface area (Å²) in [6.07, 6.45) is 0. The Labute approximate surface area is 153 Å². The molecule has 2 amide bonds. The molecule has 1 heterocycles. The molecule has 0 spiro atoms. The van der Waals surface area contributed by atoms with Crippen LogP contribution in [0.25, 0.3) is 0 Å². The maximum atomic E-state index is 12.1. The number of para-hydroxylation sites is 1. The molecule has 136 valence electrons. The number of rotatable bonds is 4. The maximum absolute atomic E-state index is 12.1. The maximum Gasteiger partial charge on any atom is 0.255 e. The zero-order valence-corrected chi connectivity index (χ0v) is 14.8. The van der Waals surface area contributed by atoms with Gasteiger partial charge in [0.15, 0.2) is 0 Å². The first-order valence-electron chi connectivity index (χ1n) is 8.70. The summed E-state index contributed by atoms with van der Waals surface area (Å²) in [7, 11) is 0. The third-order valence-electron chi connectivity index (χ3n) is 4.63. The van der Waals surface area contributed by atoms with Gasteiger partial charge in [-0.15, -0.1) is 0 Å². The number of carbonyl (C=O) groups excluding carboxylic acids is 2. The highest BCUT2D eigenvalue weighted by atomic mass is 16.3. The van der Waals surface area contributed by atoms with E-state index < -0.39 is 0 Å². The molecule has 6 nitrogen and oxygen atoms in total. The molecule has 1 saturated heterocycles. The fraction of sp³-hybridized carbons (Fsp3) is 0.300. The van der Waals surface area contributed by atoms with Gasteiger partial charge in [0, 0.05) is 45.3 Å². The number of aromatic hydroxyl groups is 1. The molecule has 0 unspecified atom stereocenters. The number of nitrogens with zero attached hydrogens (tertiary/aromatic N) is 2. The van der Waals surface area contributed by atoms with Crippen molar-refractivity contribution in [2.24, 2.45) is 0 Å². The van der Waals surface area contributed by atoms with Gasteiger partial charge in [-0.1, -0.05) is 24.3 Å². The van der Waals surface area contributed by atoms with Gasteiger partial charge in [-0.25, -0.2) is 0 Å². The lowest BCUT2D eigenvalue weighted by atomic mass is 10.1. The van der Waals surface area contributed by atoms with Crippen molar-refractivity contribution in [2.45, 2.75) is 13.5 Å². The van der Waals surface area contributed by atoms with E-state index in [-0.39, 0.29) is 23.1 Å². The molecule has 0 saturated carbocycles. The number of nitrogens with one attached hydrogen (secondary N) is 1. The van der Waals surface area contributed by atoms with E-state index in [4.69, 9.17) is 0 Å². The van der Waals surface area contributed by atoms with E-state index in [0.717, 1.165) is 37.4 Å². The summed E-state index contributed by atoms with van der Waals surface area (Å²) in [6.45, 7) is 5.13. The molecule has 2 aromatic rings. The third-order valence-corrected chi connectivity index (χ3v) is 4.63. The minimum absolute atomic E-state index is 0.0231. The Hall–Kier alpha value is -3.02. The number of piperazine rings is 1. The number of carbonyl (C=O) groups is 2. The quantitative estimate of drug-likeness (QED) is 0.882. The van der Waals surface area contributed by atoms with Crippen LogP contribution in [-0.2, 0) is 11.3 Å². The summed E-state index contributed by atoms with van der Waals surface area (Å²) < 4.78 is 0. The molecular formula is C20H23N3O3. The van der Waals surface area contributed by atoms with Crippen LogP contribution < -0.4 is 10.2 Å². The van der Waals surface area contributed by atoms with Crippen LogP contribution in [-0.4, -0.2) is 48.0 Å². The van der Waals surface area contributed by atoms with Gasteiger partial charge in [-0.3, -0.25) is 9.59 Å². The average Bonchev–Trinajstić information content (AvgIpc) is 2.67. The lowest BCUT2D eigenvalue weighted by Gasteiger charge is -2.35. The third kappa shape index (κ3) is 4.14. The van der Waals surface area contributed by atoms with Gasteiger partial charge in [0.25, 0.3) is 5.91 Å². The minimum Gasteiger partial charge on any atom is -0.507 e. The van der Waals surface area contributed by atoms with Crippen molar-refractivity contribution in [1.82, 2.24) is 10.2 Å². The molecule has 2 N–H and O–H groups in total. The highest BCUT2D eigenvalue weighted by molar-refractivity contribution is 5.96. The van der Waals surface area contributed by atoms with Gasteiger partial charge in [0.1, 0.15) is 5.75 Å². The van der Waals surface area contributed by atoms with Gasteiger partial charge in [0.2, 0.25) is 5.91 Å². The highest BCUT2D eigenvalue weighted by Crippen LogP contribution is 2.18. The van der Waals surface area contributed by atoms with Gasteiger partial charge < -0.3 is 20.2 Å². The van der Waals surface area contributed by atoms with Crippen molar-refractivity contribution in [3.05, 3.63) is 59.7 Å². The van der Waals surface area contributed by atoms with Crippen LogP contribution in [0.2, 0.25) is 0 Å². The summed E-state index contributed by atoms with van der Waals surface area (Å²) in [4.78, 5) is 27.6. The normalized spacial score (nSPS) is 14.2. The summed E-state index contributed by atoms with van der Waals surface area (Å²) in [5, 5.41) is 12.5. The molecule has 1 fully saturated rings. The average molecular weight is 353 g/mol. The molecule has 26 heavy (non-hydrogen) atoms. The smallest absolute Gasteiger partial charge is 0.255 e. The Morgan fingerprint density at radius 3 is 2.27 bits per heavy atom. The minimum atomic E-state index is -0.299. The largest absolute Gasteiger partial charge is 0.507 e. The summed E-state index contributed by atoms with van der Waals surface area (Å²) in [5.74, 6) is -0.197. The van der Waals surface area contributed by atoms with Crippen LogP contribution in [0.1, 0.15) is 22.8 Å². The van der Waals surface area contributed by atoms with E-state index in [0.29, 0.717) is 6.54 Å². The number of hydrogen-bond donors (Lipinski definition) is 2. The van der Waals surface area contributed by atoms with Crippen molar-refractivity contribution in [3.63, 3.8) is 0 Å². The first-order chi connectivity index (χ1) is 12.5.